The number of β-lactam (4-membered cyclic amide) rings is 1. The van der Waals surface area contributed by atoms with Crippen LogP contribution in [0, 0.1) is 6.92 Å². The number of hydrogen-bond acceptors (Lipinski definition) is 4. The van der Waals surface area contributed by atoms with Gasteiger partial charge in [-0.2, -0.15) is 0 Å². The Bertz CT molecular complexity index is 1010. The second kappa shape index (κ2) is 6.03. The maximum atomic E-state index is 12.8. The molecule has 1 aliphatic rings. The highest BCUT2D eigenvalue weighted by Gasteiger charge is 2.48. The van der Waals surface area contributed by atoms with E-state index in [1.807, 2.05) is 18.2 Å². The zero-order valence-corrected chi connectivity index (χ0v) is 14.5. The van der Waals surface area contributed by atoms with Gasteiger partial charge in [0.25, 0.3) is 5.91 Å². The predicted molar refractivity (Wildman–Crippen MR) is 95.7 cm³/mol. The molecule has 0 radical (unpaired) electrons. The van der Waals surface area contributed by atoms with Gasteiger partial charge < -0.3 is 5.11 Å². The van der Waals surface area contributed by atoms with E-state index in [2.05, 4.69) is 10.4 Å². The Morgan fingerprint density at radius 2 is 1.88 bits per heavy atom. The van der Waals surface area contributed by atoms with Gasteiger partial charge in [-0.05, 0) is 36.8 Å². The number of phenols is 1. The predicted octanol–water partition coefficient (Wildman–Crippen LogP) is 2.71. The van der Waals surface area contributed by atoms with Crippen LogP contribution in [0.1, 0.15) is 17.4 Å². The van der Waals surface area contributed by atoms with E-state index in [0.29, 0.717) is 16.9 Å². The van der Waals surface area contributed by atoms with Crippen molar-refractivity contribution in [2.75, 3.05) is 0 Å². The Labute approximate surface area is 153 Å². The summed E-state index contributed by atoms with van der Waals surface area (Å²) in [7, 11) is 0. The molecule has 2 N–H and O–H groups in total. The second-order valence-corrected chi connectivity index (χ2v) is 6.52. The first-order valence-corrected chi connectivity index (χ1v) is 8.42. The average molecular weight is 371 g/mol. The lowest BCUT2D eigenvalue weighted by Gasteiger charge is -2.43. The fraction of sp³-hybridized carbons (Fsp3) is 0.167. The van der Waals surface area contributed by atoms with Crippen molar-refractivity contribution in [2.45, 2.75) is 18.3 Å². The van der Waals surface area contributed by atoms with E-state index in [-0.39, 0.29) is 11.7 Å². The number of fused-ring (bicyclic) bond motifs is 1. The van der Waals surface area contributed by atoms with Crippen molar-refractivity contribution in [2.24, 2.45) is 0 Å². The summed E-state index contributed by atoms with van der Waals surface area (Å²) in [5.74, 6) is 0.238. The highest BCUT2D eigenvalue weighted by Crippen LogP contribution is 2.37. The van der Waals surface area contributed by atoms with Gasteiger partial charge in [0.1, 0.15) is 23.0 Å². The van der Waals surface area contributed by atoms with Gasteiger partial charge in [0.15, 0.2) is 0 Å². The summed E-state index contributed by atoms with van der Waals surface area (Å²) in [5.41, 5.74) is 4.68. The Morgan fingerprint density at radius 3 is 2.62 bits per heavy atom. The van der Waals surface area contributed by atoms with E-state index in [1.165, 1.54) is 21.7 Å². The molecule has 7 nitrogen and oxygen atoms in total. The molecule has 2 atom stereocenters. The van der Waals surface area contributed by atoms with Crippen molar-refractivity contribution in [3.63, 3.8) is 0 Å². The molecule has 2 heterocycles. The van der Waals surface area contributed by atoms with Crippen molar-refractivity contribution in [1.29, 1.82) is 0 Å². The first-order valence-electron chi connectivity index (χ1n) is 7.98. The standard InChI is InChI=1S/C18H15ClN4O3/c1-10-20-13-4-2-3-5-14(13)22(10)18(26)21-23-16(15(19)17(23)25)11-6-8-12(24)9-7-11/h2-9,15-16,24H,1H3,(H,21,26). The van der Waals surface area contributed by atoms with Crippen LogP contribution in [0.3, 0.4) is 0 Å². The highest BCUT2D eigenvalue weighted by atomic mass is 35.5. The number of halogens is 1. The highest BCUT2D eigenvalue weighted by molar-refractivity contribution is 6.33. The normalized spacial score (nSPS) is 19.5. The Balaban J connectivity index is 1.62. The summed E-state index contributed by atoms with van der Waals surface area (Å²) < 4.78 is 1.41. The number of hydrazine groups is 1. The molecule has 1 aromatic heterocycles. The number of phenolic OH excluding ortho intramolecular Hbond substituents is 1. The molecule has 0 aliphatic carbocycles. The number of rotatable bonds is 2. The molecule has 0 bridgehead atoms. The summed E-state index contributed by atoms with van der Waals surface area (Å²) >= 11 is 6.15. The summed E-state index contributed by atoms with van der Waals surface area (Å²) in [4.78, 5) is 29.3. The monoisotopic (exact) mass is 370 g/mol. The van der Waals surface area contributed by atoms with Crippen molar-refractivity contribution in [3.8, 4) is 5.75 Å². The number of carbonyl (C=O) groups excluding carboxylic acids is 2. The molecule has 1 fully saturated rings. The number of aryl methyl sites for hydroxylation is 1. The number of hydrogen-bond donors (Lipinski definition) is 2. The van der Waals surface area contributed by atoms with E-state index < -0.39 is 17.5 Å². The minimum absolute atomic E-state index is 0.113. The van der Waals surface area contributed by atoms with Crippen LogP contribution < -0.4 is 5.43 Å². The molecule has 1 aliphatic heterocycles. The zero-order chi connectivity index (χ0) is 18.4. The van der Waals surface area contributed by atoms with E-state index in [1.54, 1.807) is 25.1 Å². The van der Waals surface area contributed by atoms with E-state index in [0.717, 1.165) is 5.56 Å². The molecule has 1 saturated heterocycles. The topological polar surface area (TPSA) is 87.5 Å². The van der Waals surface area contributed by atoms with Gasteiger partial charge in [0.05, 0.1) is 11.0 Å². The molecule has 3 aromatic rings. The first-order chi connectivity index (χ1) is 12.5. The Hall–Kier alpha value is -3.06. The van der Waals surface area contributed by atoms with Crippen molar-refractivity contribution >= 4 is 34.6 Å². The number of nitrogens with one attached hydrogen (secondary N) is 1. The van der Waals surface area contributed by atoms with Crippen LogP contribution in [-0.4, -0.2) is 37.0 Å². The summed E-state index contributed by atoms with van der Waals surface area (Å²) in [6.07, 6.45) is 0. The summed E-state index contributed by atoms with van der Waals surface area (Å²) in [6.45, 7) is 1.72. The minimum atomic E-state index is -0.777. The van der Waals surface area contributed by atoms with Crippen LogP contribution >= 0.6 is 11.6 Å². The zero-order valence-electron chi connectivity index (χ0n) is 13.8. The molecule has 2 amide bonds. The van der Waals surface area contributed by atoms with Crippen molar-refractivity contribution in [1.82, 2.24) is 20.0 Å². The lowest BCUT2D eigenvalue weighted by atomic mass is 9.95. The number of aromatic hydroxyl groups is 1. The molecular weight excluding hydrogens is 356 g/mol. The molecule has 0 spiro atoms. The molecule has 2 aromatic carbocycles. The number of amides is 2. The minimum Gasteiger partial charge on any atom is -0.508 e. The molecule has 26 heavy (non-hydrogen) atoms. The van der Waals surface area contributed by atoms with E-state index in [4.69, 9.17) is 11.6 Å². The number of imidazole rings is 1. The Kier molecular flexibility index (Phi) is 3.81. The third-order valence-corrected chi connectivity index (χ3v) is 4.84. The van der Waals surface area contributed by atoms with Gasteiger partial charge in [-0.3, -0.25) is 4.79 Å². The number of carbonyl (C=O) groups is 2. The largest absolute Gasteiger partial charge is 0.508 e. The van der Waals surface area contributed by atoms with Crippen LogP contribution in [-0.2, 0) is 4.79 Å². The molecule has 0 saturated carbocycles. The molecule has 2 unspecified atom stereocenters. The number of nitrogens with zero attached hydrogens (tertiary/aromatic N) is 3. The number of aromatic nitrogens is 2. The fourth-order valence-electron chi connectivity index (χ4n) is 3.12. The van der Waals surface area contributed by atoms with E-state index in [9.17, 15) is 14.7 Å². The van der Waals surface area contributed by atoms with Crippen LogP contribution in [0.25, 0.3) is 11.0 Å². The van der Waals surface area contributed by atoms with E-state index >= 15 is 0 Å². The average Bonchev–Trinajstić information content (AvgIpc) is 2.98. The smallest absolute Gasteiger partial charge is 0.346 e. The second-order valence-electron chi connectivity index (χ2n) is 6.05. The quantitative estimate of drug-likeness (QED) is 0.536. The summed E-state index contributed by atoms with van der Waals surface area (Å²) in [6, 6.07) is 12.6. The number of para-hydroxylation sites is 2. The summed E-state index contributed by atoms with van der Waals surface area (Å²) in [5, 5.41) is 9.85. The molecule has 4 rings (SSSR count). The van der Waals surface area contributed by atoms with Gasteiger partial charge >= 0.3 is 6.03 Å². The molecular formula is C18H15ClN4O3. The first kappa shape index (κ1) is 16.4. The van der Waals surface area contributed by atoms with Gasteiger partial charge in [-0.15, -0.1) is 11.6 Å². The maximum Gasteiger partial charge on any atom is 0.346 e. The SMILES string of the molecule is Cc1nc2ccccc2n1C(=O)NN1C(=O)C(Cl)C1c1ccc(O)cc1. The fourth-order valence-corrected chi connectivity index (χ4v) is 3.49. The lowest BCUT2D eigenvalue weighted by Crippen LogP contribution is -2.63. The Morgan fingerprint density at radius 1 is 1.19 bits per heavy atom. The lowest BCUT2D eigenvalue weighted by molar-refractivity contribution is -0.149. The van der Waals surface area contributed by atoms with Gasteiger partial charge in [0.2, 0.25) is 0 Å². The number of benzene rings is 2. The van der Waals surface area contributed by atoms with Crippen molar-refractivity contribution < 1.29 is 14.7 Å². The van der Waals surface area contributed by atoms with Gasteiger partial charge in [-0.1, -0.05) is 24.3 Å². The third-order valence-electron chi connectivity index (χ3n) is 4.41. The van der Waals surface area contributed by atoms with Gasteiger partial charge in [0, 0.05) is 0 Å². The van der Waals surface area contributed by atoms with Crippen LogP contribution in [0.4, 0.5) is 4.79 Å². The van der Waals surface area contributed by atoms with Gasteiger partial charge in [-0.25, -0.2) is 24.8 Å². The number of alkyl halides is 1. The molecule has 8 heteroatoms. The van der Waals surface area contributed by atoms with Crippen LogP contribution in [0.2, 0.25) is 0 Å². The van der Waals surface area contributed by atoms with Crippen LogP contribution in [0.15, 0.2) is 48.5 Å². The molecule has 132 valence electrons. The third kappa shape index (κ3) is 2.48. The van der Waals surface area contributed by atoms with Crippen molar-refractivity contribution in [3.05, 3.63) is 59.9 Å². The maximum absolute atomic E-state index is 12.8. The van der Waals surface area contributed by atoms with Crippen LogP contribution in [0.5, 0.6) is 5.75 Å².